The third kappa shape index (κ3) is 4.44. The quantitative estimate of drug-likeness (QED) is 0.745. The summed E-state index contributed by atoms with van der Waals surface area (Å²) in [7, 11) is 2.31. The van der Waals surface area contributed by atoms with Gasteiger partial charge in [-0.2, -0.15) is 0 Å². The first-order valence-corrected chi connectivity index (χ1v) is 8.55. The van der Waals surface area contributed by atoms with E-state index in [0.29, 0.717) is 18.2 Å². The highest BCUT2D eigenvalue weighted by Gasteiger charge is 2.34. The van der Waals surface area contributed by atoms with Crippen LogP contribution in [0.15, 0.2) is 0 Å². The van der Waals surface area contributed by atoms with Gasteiger partial charge in [0.2, 0.25) is 0 Å². The zero-order chi connectivity index (χ0) is 14.7. The summed E-state index contributed by atoms with van der Waals surface area (Å²) in [6, 6.07) is 1.48. The molecule has 0 amide bonds. The van der Waals surface area contributed by atoms with Gasteiger partial charge in [0.25, 0.3) is 0 Å². The van der Waals surface area contributed by atoms with Crippen LogP contribution in [0.25, 0.3) is 0 Å². The molecule has 20 heavy (non-hydrogen) atoms. The Morgan fingerprint density at radius 3 is 2.20 bits per heavy atom. The van der Waals surface area contributed by atoms with Crippen molar-refractivity contribution in [3.8, 4) is 0 Å². The third-order valence-electron chi connectivity index (χ3n) is 5.08. The minimum atomic E-state index is 0.381. The predicted molar refractivity (Wildman–Crippen MR) is 85.1 cm³/mol. The van der Waals surface area contributed by atoms with Crippen LogP contribution in [-0.4, -0.2) is 60.8 Å². The Bertz CT molecular complexity index is 279. The van der Waals surface area contributed by atoms with Gasteiger partial charge in [-0.25, -0.2) is 0 Å². The largest absolute Gasteiger partial charge is 0.375 e. The van der Waals surface area contributed by atoms with E-state index >= 15 is 0 Å². The molecule has 0 aromatic heterocycles. The molecule has 1 aliphatic carbocycles. The van der Waals surface area contributed by atoms with Crippen LogP contribution in [0.4, 0.5) is 0 Å². The van der Waals surface area contributed by atoms with Gasteiger partial charge >= 0.3 is 0 Å². The van der Waals surface area contributed by atoms with Gasteiger partial charge in [0.1, 0.15) is 0 Å². The maximum absolute atomic E-state index is 5.86. The van der Waals surface area contributed by atoms with Crippen LogP contribution in [0.3, 0.4) is 0 Å². The second kappa shape index (κ2) is 7.24. The molecule has 2 fully saturated rings. The number of rotatable bonds is 6. The van der Waals surface area contributed by atoms with Gasteiger partial charge in [-0.3, -0.25) is 0 Å². The Labute approximate surface area is 125 Å². The molecule has 3 nitrogen and oxygen atoms in total. The van der Waals surface area contributed by atoms with Crippen LogP contribution >= 0.6 is 0 Å². The average Bonchev–Trinajstić information content (AvgIpc) is 2.33. The number of nitrogens with zero attached hydrogens (tertiary/aromatic N) is 2. The van der Waals surface area contributed by atoms with E-state index in [0.717, 1.165) is 12.0 Å². The fraction of sp³-hybridized carbons (Fsp3) is 1.00. The summed E-state index contributed by atoms with van der Waals surface area (Å²) in [4.78, 5) is 5.21. The van der Waals surface area contributed by atoms with E-state index in [1.807, 2.05) is 0 Å². The molecule has 3 heteroatoms. The monoisotopic (exact) mass is 282 g/mol. The van der Waals surface area contributed by atoms with E-state index in [1.54, 1.807) is 0 Å². The van der Waals surface area contributed by atoms with Crippen LogP contribution in [0.2, 0.25) is 0 Å². The van der Waals surface area contributed by atoms with Crippen molar-refractivity contribution in [2.24, 2.45) is 5.92 Å². The topological polar surface area (TPSA) is 15.7 Å². The van der Waals surface area contributed by atoms with Gasteiger partial charge < -0.3 is 14.5 Å². The summed E-state index contributed by atoms with van der Waals surface area (Å²) < 4.78 is 5.86. The SMILES string of the molecule is CC(C)OC1CC(N(C)CC2CCN(C(C)C)CC2)C1. The number of likely N-dealkylation sites (tertiary alicyclic amines) is 1. The van der Waals surface area contributed by atoms with Gasteiger partial charge in [0.05, 0.1) is 12.2 Å². The highest BCUT2D eigenvalue weighted by molar-refractivity contribution is 4.88. The van der Waals surface area contributed by atoms with Crippen molar-refractivity contribution in [1.29, 1.82) is 0 Å². The fourth-order valence-corrected chi connectivity index (χ4v) is 3.60. The smallest absolute Gasteiger partial charge is 0.0608 e. The Morgan fingerprint density at radius 2 is 1.70 bits per heavy atom. The molecule has 0 N–H and O–H groups in total. The average molecular weight is 282 g/mol. The lowest BCUT2D eigenvalue weighted by atomic mass is 9.86. The highest BCUT2D eigenvalue weighted by atomic mass is 16.5. The zero-order valence-corrected chi connectivity index (χ0v) is 14.1. The first-order chi connectivity index (χ1) is 9.45. The third-order valence-corrected chi connectivity index (χ3v) is 5.08. The maximum Gasteiger partial charge on any atom is 0.0608 e. The van der Waals surface area contributed by atoms with Crippen LogP contribution in [-0.2, 0) is 4.74 Å². The standard InChI is InChI=1S/C17H34N2O/c1-13(2)19-8-6-15(7-9-19)12-18(5)16-10-17(11-16)20-14(3)4/h13-17H,6-12H2,1-5H3. The number of ether oxygens (including phenoxy) is 1. The predicted octanol–water partition coefficient (Wildman–Crippen LogP) is 2.99. The van der Waals surface area contributed by atoms with Crippen LogP contribution < -0.4 is 0 Å². The lowest BCUT2D eigenvalue weighted by molar-refractivity contribution is -0.0751. The summed E-state index contributed by atoms with van der Waals surface area (Å²) in [5.74, 6) is 0.903. The van der Waals surface area contributed by atoms with E-state index in [1.165, 1.54) is 45.3 Å². The number of piperidine rings is 1. The van der Waals surface area contributed by atoms with E-state index in [-0.39, 0.29) is 0 Å². The molecule has 0 aromatic carbocycles. The van der Waals surface area contributed by atoms with E-state index in [2.05, 4.69) is 44.5 Å². The summed E-state index contributed by atoms with van der Waals surface area (Å²) in [5, 5.41) is 0. The molecule has 0 atom stereocenters. The van der Waals surface area contributed by atoms with Crippen molar-refractivity contribution in [2.75, 3.05) is 26.7 Å². The Balaban J connectivity index is 1.63. The molecule has 0 unspecified atom stereocenters. The first-order valence-electron chi connectivity index (χ1n) is 8.55. The lowest BCUT2D eigenvalue weighted by Crippen LogP contribution is -2.49. The normalized spacial score (nSPS) is 29.4. The molecule has 2 aliphatic rings. The second-order valence-electron chi connectivity index (χ2n) is 7.44. The second-order valence-corrected chi connectivity index (χ2v) is 7.44. The number of hydrogen-bond acceptors (Lipinski definition) is 3. The molecular formula is C17H34N2O. The van der Waals surface area contributed by atoms with Crippen molar-refractivity contribution in [1.82, 2.24) is 9.80 Å². The fourth-order valence-electron chi connectivity index (χ4n) is 3.60. The summed E-state index contributed by atoms with van der Waals surface area (Å²) >= 11 is 0. The molecule has 1 saturated heterocycles. The molecule has 0 radical (unpaired) electrons. The van der Waals surface area contributed by atoms with Crippen molar-refractivity contribution < 1.29 is 4.74 Å². The first kappa shape index (κ1) is 16.3. The van der Waals surface area contributed by atoms with Crippen LogP contribution in [0.5, 0.6) is 0 Å². The van der Waals surface area contributed by atoms with E-state index < -0.39 is 0 Å². The minimum absolute atomic E-state index is 0.381. The van der Waals surface area contributed by atoms with Gasteiger partial charge in [-0.05, 0) is 79.4 Å². The van der Waals surface area contributed by atoms with Crippen molar-refractivity contribution in [3.63, 3.8) is 0 Å². The molecule has 1 saturated carbocycles. The van der Waals surface area contributed by atoms with Gasteiger partial charge in [-0.1, -0.05) is 0 Å². The zero-order valence-electron chi connectivity index (χ0n) is 14.1. The molecule has 118 valence electrons. The van der Waals surface area contributed by atoms with E-state index in [4.69, 9.17) is 4.74 Å². The van der Waals surface area contributed by atoms with Crippen LogP contribution in [0, 0.1) is 5.92 Å². The molecule has 0 bridgehead atoms. The maximum atomic E-state index is 5.86. The summed E-state index contributed by atoms with van der Waals surface area (Å²) in [6.45, 7) is 12.8. The molecule has 2 rings (SSSR count). The Kier molecular flexibility index (Phi) is 5.88. The summed E-state index contributed by atoms with van der Waals surface area (Å²) in [5.41, 5.74) is 0. The van der Waals surface area contributed by atoms with Crippen molar-refractivity contribution in [3.05, 3.63) is 0 Å². The van der Waals surface area contributed by atoms with Crippen molar-refractivity contribution >= 4 is 0 Å². The summed E-state index contributed by atoms with van der Waals surface area (Å²) in [6.07, 6.45) is 6.12. The van der Waals surface area contributed by atoms with E-state index in [9.17, 15) is 0 Å². The minimum Gasteiger partial charge on any atom is -0.375 e. The number of hydrogen-bond donors (Lipinski definition) is 0. The molecule has 0 aromatic rings. The Morgan fingerprint density at radius 1 is 1.10 bits per heavy atom. The van der Waals surface area contributed by atoms with Crippen molar-refractivity contribution in [2.45, 2.75) is 77.7 Å². The molecule has 1 aliphatic heterocycles. The lowest BCUT2D eigenvalue weighted by Gasteiger charge is -2.44. The molecular weight excluding hydrogens is 248 g/mol. The van der Waals surface area contributed by atoms with Gasteiger partial charge in [-0.15, -0.1) is 0 Å². The molecule has 1 heterocycles. The molecule has 0 spiro atoms. The van der Waals surface area contributed by atoms with Gasteiger partial charge in [0, 0.05) is 18.6 Å². The highest BCUT2D eigenvalue weighted by Crippen LogP contribution is 2.30. The van der Waals surface area contributed by atoms with Gasteiger partial charge in [0.15, 0.2) is 0 Å². The van der Waals surface area contributed by atoms with Crippen LogP contribution in [0.1, 0.15) is 53.4 Å². The Hall–Kier alpha value is -0.120.